The lowest BCUT2D eigenvalue weighted by molar-refractivity contribution is 0.0929. The number of rotatable bonds is 5. The number of nitrogens with one attached hydrogen (secondary N) is 1. The highest BCUT2D eigenvalue weighted by molar-refractivity contribution is 5.97. The van der Waals surface area contributed by atoms with Gasteiger partial charge in [-0.15, -0.1) is 0 Å². The number of hydrogen-bond donors (Lipinski definition) is 2. The highest BCUT2D eigenvalue weighted by atomic mass is 16.3. The molecule has 1 atom stereocenters. The van der Waals surface area contributed by atoms with Gasteiger partial charge in [-0.1, -0.05) is 0 Å². The first-order valence-electron chi connectivity index (χ1n) is 6.26. The molecule has 0 aliphatic rings. The van der Waals surface area contributed by atoms with E-state index in [9.17, 15) is 4.79 Å². The first-order chi connectivity index (χ1) is 9.11. The molecule has 0 radical (unpaired) electrons. The molecule has 1 unspecified atom stereocenters. The van der Waals surface area contributed by atoms with Crippen molar-refractivity contribution in [1.82, 2.24) is 15.1 Å². The van der Waals surface area contributed by atoms with Crippen molar-refractivity contribution in [3.8, 4) is 0 Å². The molecule has 0 saturated heterocycles. The number of hydrogen-bond acceptors (Lipinski definition) is 4. The zero-order valence-electron chi connectivity index (χ0n) is 11.1. The second kappa shape index (κ2) is 5.60. The van der Waals surface area contributed by atoms with E-state index < -0.39 is 0 Å². The van der Waals surface area contributed by atoms with E-state index in [1.165, 1.54) is 6.20 Å². The summed E-state index contributed by atoms with van der Waals surface area (Å²) in [6.07, 6.45) is 3.75. The van der Waals surface area contributed by atoms with Crippen LogP contribution in [0.5, 0.6) is 0 Å². The predicted octanol–water partition coefficient (Wildman–Crippen LogP) is 1.44. The van der Waals surface area contributed by atoms with Gasteiger partial charge in [-0.2, -0.15) is 5.10 Å². The van der Waals surface area contributed by atoms with E-state index in [0.29, 0.717) is 24.3 Å². The number of furan rings is 1. The summed E-state index contributed by atoms with van der Waals surface area (Å²) in [7, 11) is 0. The first-order valence-corrected chi connectivity index (χ1v) is 6.26. The number of aromatic nitrogens is 2. The van der Waals surface area contributed by atoms with Gasteiger partial charge in [0.1, 0.15) is 11.5 Å². The Balaban J connectivity index is 2.02. The Labute approximate surface area is 111 Å². The maximum atomic E-state index is 12.2. The lowest BCUT2D eigenvalue weighted by atomic mass is 10.2. The molecular formula is C13H18N4O2. The Hall–Kier alpha value is -2.24. The number of nitrogen functional groups attached to an aromatic ring is 1. The molecule has 102 valence electrons. The average molecular weight is 262 g/mol. The molecule has 19 heavy (non-hydrogen) atoms. The molecule has 0 aliphatic heterocycles. The number of nitrogens with zero attached hydrogens (tertiary/aromatic N) is 2. The normalized spacial score (nSPS) is 12.3. The highest BCUT2D eigenvalue weighted by Gasteiger charge is 2.18. The lowest BCUT2D eigenvalue weighted by Crippen LogP contribution is -2.35. The van der Waals surface area contributed by atoms with Crippen LogP contribution in [-0.2, 0) is 13.0 Å². The summed E-state index contributed by atoms with van der Waals surface area (Å²) in [6.45, 7) is 4.44. The third-order valence-electron chi connectivity index (χ3n) is 2.85. The third kappa shape index (κ3) is 2.96. The Bertz CT molecular complexity index is 545. The summed E-state index contributed by atoms with van der Waals surface area (Å²) in [4.78, 5) is 12.2. The van der Waals surface area contributed by atoms with Gasteiger partial charge in [0.05, 0.1) is 18.1 Å². The predicted molar refractivity (Wildman–Crippen MR) is 71.7 cm³/mol. The summed E-state index contributed by atoms with van der Waals surface area (Å²) >= 11 is 0. The quantitative estimate of drug-likeness (QED) is 0.853. The Morgan fingerprint density at radius 2 is 2.42 bits per heavy atom. The summed E-state index contributed by atoms with van der Waals surface area (Å²) < 4.78 is 6.84. The Kier molecular flexibility index (Phi) is 3.89. The van der Waals surface area contributed by atoms with E-state index in [-0.39, 0.29) is 11.9 Å². The number of carbonyl (C=O) groups excluding carboxylic acids is 1. The molecule has 2 aromatic heterocycles. The van der Waals surface area contributed by atoms with Crippen molar-refractivity contribution in [1.29, 1.82) is 0 Å². The molecule has 0 saturated carbocycles. The number of aryl methyl sites for hydroxylation is 1. The Morgan fingerprint density at radius 1 is 1.63 bits per heavy atom. The van der Waals surface area contributed by atoms with E-state index in [0.717, 1.165) is 5.76 Å². The average Bonchev–Trinajstić information content (AvgIpc) is 2.98. The summed E-state index contributed by atoms with van der Waals surface area (Å²) in [5.74, 6) is 0.626. The minimum Gasteiger partial charge on any atom is -0.469 e. The molecule has 0 fully saturated rings. The van der Waals surface area contributed by atoms with Crippen LogP contribution in [0, 0.1) is 0 Å². The number of nitrogens with two attached hydrogens (primary N) is 1. The maximum absolute atomic E-state index is 12.2. The maximum Gasteiger partial charge on any atom is 0.271 e. The van der Waals surface area contributed by atoms with Crippen molar-refractivity contribution in [3.05, 3.63) is 36.0 Å². The van der Waals surface area contributed by atoms with Crippen LogP contribution in [0.2, 0.25) is 0 Å². The molecule has 0 spiro atoms. The molecular weight excluding hydrogens is 244 g/mol. The van der Waals surface area contributed by atoms with Gasteiger partial charge in [0.2, 0.25) is 0 Å². The molecule has 2 rings (SSSR count). The van der Waals surface area contributed by atoms with Crippen LogP contribution >= 0.6 is 0 Å². The molecule has 2 heterocycles. The molecule has 3 N–H and O–H groups in total. The van der Waals surface area contributed by atoms with Crippen molar-refractivity contribution in [2.24, 2.45) is 0 Å². The van der Waals surface area contributed by atoms with Gasteiger partial charge in [-0.25, -0.2) is 0 Å². The van der Waals surface area contributed by atoms with Gasteiger partial charge in [0, 0.05) is 19.0 Å². The van der Waals surface area contributed by atoms with Gasteiger partial charge < -0.3 is 15.5 Å². The van der Waals surface area contributed by atoms with E-state index in [1.807, 2.05) is 26.0 Å². The summed E-state index contributed by atoms with van der Waals surface area (Å²) in [5.41, 5.74) is 6.57. The number of carbonyl (C=O) groups is 1. The highest BCUT2D eigenvalue weighted by Crippen LogP contribution is 2.11. The molecule has 0 bridgehead atoms. The minimum atomic E-state index is -0.212. The second-order valence-corrected chi connectivity index (χ2v) is 4.42. The van der Waals surface area contributed by atoms with E-state index >= 15 is 0 Å². The third-order valence-corrected chi connectivity index (χ3v) is 2.85. The van der Waals surface area contributed by atoms with Crippen LogP contribution in [0.15, 0.2) is 29.0 Å². The first kappa shape index (κ1) is 13.2. The van der Waals surface area contributed by atoms with Crippen molar-refractivity contribution < 1.29 is 9.21 Å². The van der Waals surface area contributed by atoms with E-state index in [4.69, 9.17) is 10.2 Å². The number of anilines is 1. The Morgan fingerprint density at radius 3 is 3.05 bits per heavy atom. The van der Waals surface area contributed by atoms with E-state index in [1.54, 1.807) is 10.9 Å². The molecule has 6 nitrogen and oxygen atoms in total. The fourth-order valence-corrected chi connectivity index (χ4v) is 1.96. The van der Waals surface area contributed by atoms with Crippen molar-refractivity contribution in [2.75, 3.05) is 5.73 Å². The molecule has 1 amide bonds. The fraction of sp³-hybridized carbons (Fsp3) is 0.385. The second-order valence-electron chi connectivity index (χ2n) is 4.42. The van der Waals surface area contributed by atoms with Crippen LogP contribution in [0.25, 0.3) is 0 Å². The van der Waals surface area contributed by atoms with Crippen LogP contribution in [0.3, 0.4) is 0 Å². The van der Waals surface area contributed by atoms with Gasteiger partial charge in [-0.05, 0) is 26.0 Å². The summed E-state index contributed by atoms with van der Waals surface area (Å²) in [5, 5.41) is 6.95. The van der Waals surface area contributed by atoms with Gasteiger partial charge in [0.15, 0.2) is 0 Å². The summed E-state index contributed by atoms with van der Waals surface area (Å²) in [6, 6.07) is 3.67. The van der Waals surface area contributed by atoms with Crippen molar-refractivity contribution >= 4 is 11.6 Å². The van der Waals surface area contributed by atoms with Crippen LogP contribution in [0.1, 0.15) is 30.1 Å². The largest absolute Gasteiger partial charge is 0.469 e. The molecule has 6 heteroatoms. The monoisotopic (exact) mass is 262 g/mol. The fourth-order valence-electron chi connectivity index (χ4n) is 1.96. The lowest BCUT2D eigenvalue weighted by Gasteiger charge is -2.13. The standard InChI is InChI=1S/C13H18N4O2/c1-3-17-12(11(14)8-15-17)13(18)16-9(2)7-10-5-4-6-19-10/h4-6,8-9H,3,7,14H2,1-2H3,(H,16,18). The van der Waals surface area contributed by atoms with Gasteiger partial charge in [0.25, 0.3) is 5.91 Å². The zero-order valence-corrected chi connectivity index (χ0v) is 11.1. The van der Waals surface area contributed by atoms with E-state index in [2.05, 4.69) is 10.4 Å². The van der Waals surface area contributed by atoms with Crippen LogP contribution in [-0.4, -0.2) is 21.7 Å². The van der Waals surface area contributed by atoms with Crippen LogP contribution in [0.4, 0.5) is 5.69 Å². The minimum absolute atomic E-state index is 0.0433. The van der Waals surface area contributed by atoms with Gasteiger partial charge in [-0.3, -0.25) is 9.48 Å². The molecule has 0 aliphatic carbocycles. The van der Waals surface area contributed by atoms with Crippen molar-refractivity contribution in [3.63, 3.8) is 0 Å². The SMILES string of the molecule is CCn1ncc(N)c1C(=O)NC(C)Cc1ccco1. The molecule has 0 aromatic carbocycles. The van der Waals surface area contributed by atoms with Crippen molar-refractivity contribution in [2.45, 2.75) is 32.9 Å². The van der Waals surface area contributed by atoms with Crippen LogP contribution < -0.4 is 11.1 Å². The van der Waals surface area contributed by atoms with Gasteiger partial charge >= 0.3 is 0 Å². The smallest absolute Gasteiger partial charge is 0.271 e. The molecule has 2 aromatic rings. The number of amides is 1. The topological polar surface area (TPSA) is 86.1 Å². The zero-order chi connectivity index (χ0) is 13.8.